The van der Waals surface area contributed by atoms with Gasteiger partial charge in [0, 0.05) is 24.8 Å². The third kappa shape index (κ3) is 4.86. The molecule has 1 N–H and O–H groups in total. The summed E-state index contributed by atoms with van der Waals surface area (Å²) in [7, 11) is 0. The normalized spacial score (nSPS) is 14.1. The lowest BCUT2D eigenvalue weighted by Gasteiger charge is -2.19. The van der Waals surface area contributed by atoms with E-state index < -0.39 is 0 Å². The van der Waals surface area contributed by atoms with Crippen molar-refractivity contribution in [2.75, 3.05) is 25.4 Å². The molecular formula is C20H22N2O2S. The van der Waals surface area contributed by atoms with Crippen molar-refractivity contribution in [1.82, 2.24) is 10.2 Å². The van der Waals surface area contributed by atoms with Crippen molar-refractivity contribution < 1.29 is 9.59 Å². The lowest BCUT2D eigenvalue weighted by atomic mass is 9.88. The smallest absolute Gasteiger partial charge is 0.282 e. The van der Waals surface area contributed by atoms with Crippen LogP contribution in [0, 0.1) is 0 Å². The van der Waals surface area contributed by atoms with E-state index in [1.165, 1.54) is 22.9 Å². The van der Waals surface area contributed by atoms with Crippen LogP contribution >= 0.6 is 11.8 Å². The van der Waals surface area contributed by atoms with Gasteiger partial charge < -0.3 is 10.2 Å². The van der Waals surface area contributed by atoms with E-state index in [1.54, 1.807) is 4.90 Å². The Balaban J connectivity index is 1.58. The van der Waals surface area contributed by atoms with Gasteiger partial charge in [-0.1, -0.05) is 72.4 Å². The van der Waals surface area contributed by atoms with Crippen LogP contribution in [0.2, 0.25) is 0 Å². The van der Waals surface area contributed by atoms with Crippen LogP contribution in [0.3, 0.4) is 0 Å². The summed E-state index contributed by atoms with van der Waals surface area (Å²) in [6.45, 7) is 1.41. The first-order valence-corrected chi connectivity index (χ1v) is 9.51. The Morgan fingerprint density at radius 2 is 1.64 bits per heavy atom. The van der Waals surface area contributed by atoms with Crippen LogP contribution in [0.1, 0.15) is 23.5 Å². The van der Waals surface area contributed by atoms with Gasteiger partial charge in [0.1, 0.15) is 6.54 Å². The van der Waals surface area contributed by atoms with E-state index in [-0.39, 0.29) is 23.6 Å². The molecular weight excluding hydrogens is 332 g/mol. The van der Waals surface area contributed by atoms with E-state index in [1.807, 2.05) is 36.4 Å². The Kier molecular flexibility index (Phi) is 6.12. The SMILES string of the molecule is O=C(CN1CCSC1=O)NCCC(c1ccccc1)c1ccccc1. The van der Waals surface area contributed by atoms with Gasteiger partial charge in [-0.25, -0.2) is 0 Å². The third-order valence-electron chi connectivity index (χ3n) is 4.34. The number of nitrogens with zero attached hydrogens (tertiary/aromatic N) is 1. The third-order valence-corrected chi connectivity index (χ3v) is 5.23. The molecule has 0 bridgehead atoms. The molecule has 1 fully saturated rings. The van der Waals surface area contributed by atoms with Gasteiger partial charge in [0.25, 0.3) is 5.24 Å². The highest BCUT2D eigenvalue weighted by Gasteiger charge is 2.23. The topological polar surface area (TPSA) is 49.4 Å². The second-order valence-electron chi connectivity index (χ2n) is 6.05. The van der Waals surface area contributed by atoms with Crippen molar-refractivity contribution in [2.24, 2.45) is 0 Å². The van der Waals surface area contributed by atoms with Crippen LogP contribution in [0.15, 0.2) is 60.7 Å². The maximum absolute atomic E-state index is 12.1. The minimum absolute atomic E-state index is 0.00148. The predicted molar refractivity (Wildman–Crippen MR) is 102 cm³/mol. The van der Waals surface area contributed by atoms with Crippen molar-refractivity contribution in [3.63, 3.8) is 0 Å². The highest BCUT2D eigenvalue weighted by molar-refractivity contribution is 8.13. The van der Waals surface area contributed by atoms with Gasteiger partial charge >= 0.3 is 0 Å². The minimum atomic E-state index is -0.0873. The Labute approximate surface area is 152 Å². The number of hydrogen-bond acceptors (Lipinski definition) is 3. The van der Waals surface area contributed by atoms with Crippen LogP contribution in [0.4, 0.5) is 4.79 Å². The molecule has 3 rings (SSSR count). The standard InChI is InChI=1S/C20H22N2O2S/c23-19(15-22-13-14-25-20(22)24)21-12-11-18(16-7-3-1-4-8-16)17-9-5-2-6-10-17/h1-10,18H,11-15H2,(H,21,23). The summed E-state index contributed by atoms with van der Waals surface area (Å²) in [6.07, 6.45) is 0.822. The summed E-state index contributed by atoms with van der Waals surface area (Å²) in [5.74, 6) is 0.929. The molecule has 0 aliphatic carbocycles. The molecule has 2 amide bonds. The van der Waals surface area contributed by atoms with Crippen LogP contribution in [-0.2, 0) is 4.79 Å². The largest absolute Gasteiger partial charge is 0.355 e. The van der Waals surface area contributed by atoms with E-state index >= 15 is 0 Å². The van der Waals surface area contributed by atoms with Crippen molar-refractivity contribution in [1.29, 1.82) is 0 Å². The van der Waals surface area contributed by atoms with E-state index in [0.717, 1.165) is 12.2 Å². The molecule has 1 saturated heterocycles. The maximum Gasteiger partial charge on any atom is 0.282 e. The molecule has 0 atom stereocenters. The zero-order chi connectivity index (χ0) is 17.5. The monoisotopic (exact) mass is 354 g/mol. The average molecular weight is 354 g/mol. The first-order chi connectivity index (χ1) is 12.2. The van der Waals surface area contributed by atoms with Crippen LogP contribution in [0.25, 0.3) is 0 Å². The van der Waals surface area contributed by atoms with Crippen molar-refractivity contribution >= 4 is 22.9 Å². The van der Waals surface area contributed by atoms with Crippen molar-refractivity contribution in [3.8, 4) is 0 Å². The number of hydrogen-bond donors (Lipinski definition) is 1. The molecule has 0 unspecified atom stereocenters. The Morgan fingerprint density at radius 3 is 2.16 bits per heavy atom. The van der Waals surface area contributed by atoms with E-state index in [2.05, 4.69) is 29.6 Å². The average Bonchev–Trinajstić information content (AvgIpc) is 3.05. The van der Waals surface area contributed by atoms with Crippen LogP contribution in [-0.4, -0.2) is 41.4 Å². The maximum atomic E-state index is 12.1. The molecule has 1 heterocycles. The van der Waals surface area contributed by atoms with Crippen molar-refractivity contribution in [3.05, 3.63) is 71.8 Å². The van der Waals surface area contributed by atoms with Gasteiger partial charge in [0.05, 0.1) is 0 Å². The summed E-state index contributed by atoms with van der Waals surface area (Å²) in [5, 5.41) is 2.96. The molecule has 0 spiro atoms. The molecule has 5 heteroatoms. The minimum Gasteiger partial charge on any atom is -0.355 e. The number of carbonyl (C=O) groups is 2. The van der Waals surface area contributed by atoms with E-state index in [0.29, 0.717) is 13.1 Å². The molecule has 4 nitrogen and oxygen atoms in total. The van der Waals surface area contributed by atoms with Gasteiger partial charge in [-0.15, -0.1) is 0 Å². The molecule has 2 aromatic rings. The first-order valence-electron chi connectivity index (χ1n) is 8.52. The number of nitrogens with one attached hydrogen (secondary N) is 1. The summed E-state index contributed by atoms with van der Waals surface area (Å²) >= 11 is 1.28. The van der Waals surface area contributed by atoms with Gasteiger partial charge in [-0.3, -0.25) is 9.59 Å². The highest BCUT2D eigenvalue weighted by Crippen LogP contribution is 2.27. The molecule has 1 aliphatic rings. The Hall–Kier alpha value is -2.27. The fraction of sp³-hybridized carbons (Fsp3) is 0.300. The summed E-state index contributed by atoms with van der Waals surface area (Å²) in [5.41, 5.74) is 2.49. The number of benzene rings is 2. The van der Waals surface area contributed by atoms with E-state index in [4.69, 9.17) is 0 Å². The summed E-state index contributed by atoms with van der Waals surface area (Å²) in [6, 6.07) is 20.7. The highest BCUT2D eigenvalue weighted by atomic mass is 32.2. The molecule has 0 aromatic heterocycles. The first kappa shape index (κ1) is 17.5. The molecule has 130 valence electrons. The zero-order valence-electron chi connectivity index (χ0n) is 14.1. The van der Waals surface area contributed by atoms with Gasteiger partial charge in [-0.2, -0.15) is 0 Å². The quantitative estimate of drug-likeness (QED) is 0.828. The molecule has 2 aromatic carbocycles. The second kappa shape index (κ2) is 8.72. The van der Waals surface area contributed by atoms with Crippen molar-refractivity contribution in [2.45, 2.75) is 12.3 Å². The van der Waals surface area contributed by atoms with Crippen LogP contribution < -0.4 is 5.32 Å². The molecule has 1 aliphatic heterocycles. The Morgan fingerprint density at radius 1 is 1.04 bits per heavy atom. The fourth-order valence-electron chi connectivity index (χ4n) is 3.05. The Bertz CT molecular complexity index is 667. The number of thioether (sulfide) groups is 1. The van der Waals surface area contributed by atoms with Crippen LogP contribution in [0.5, 0.6) is 0 Å². The predicted octanol–water partition coefficient (Wildman–Crippen LogP) is 3.49. The lowest BCUT2D eigenvalue weighted by molar-refractivity contribution is -0.121. The summed E-state index contributed by atoms with van der Waals surface area (Å²) < 4.78 is 0. The molecule has 0 radical (unpaired) electrons. The molecule has 25 heavy (non-hydrogen) atoms. The second-order valence-corrected chi connectivity index (χ2v) is 7.09. The fourth-order valence-corrected chi connectivity index (χ4v) is 3.88. The van der Waals surface area contributed by atoms with Gasteiger partial charge in [0.15, 0.2) is 0 Å². The van der Waals surface area contributed by atoms with Gasteiger partial charge in [-0.05, 0) is 17.5 Å². The zero-order valence-corrected chi connectivity index (χ0v) is 14.9. The number of rotatable bonds is 7. The molecule has 0 saturated carbocycles. The number of amides is 2. The summed E-state index contributed by atoms with van der Waals surface area (Å²) in [4.78, 5) is 25.3. The van der Waals surface area contributed by atoms with Gasteiger partial charge in [0.2, 0.25) is 5.91 Å². The number of carbonyl (C=O) groups excluding carboxylic acids is 2. The van der Waals surface area contributed by atoms with E-state index in [9.17, 15) is 9.59 Å². The lowest BCUT2D eigenvalue weighted by Crippen LogP contribution is -2.37.